The highest BCUT2D eigenvalue weighted by atomic mass is 127. The van der Waals surface area contributed by atoms with Crippen LogP contribution in [0.5, 0.6) is 0 Å². The van der Waals surface area contributed by atoms with Gasteiger partial charge in [-0.15, -0.1) is 0 Å². The van der Waals surface area contributed by atoms with Crippen molar-refractivity contribution in [3.8, 4) is 6.07 Å². The number of nitrogens with two attached hydrogens (primary N) is 1. The van der Waals surface area contributed by atoms with Crippen molar-refractivity contribution < 1.29 is 0 Å². The van der Waals surface area contributed by atoms with Gasteiger partial charge in [0.1, 0.15) is 6.07 Å². The fourth-order valence-electron chi connectivity index (χ4n) is 1.64. The van der Waals surface area contributed by atoms with Crippen LogP contribution in [0.2, 0.25) is 0 Å². The minimum absolute atomic E-state index is 0.491. The van der Waals surface area contributed by atoms with Crippen LogP contribution in [-0.4, -0.2) is 0 Å². The van der Waals surface area contributed by atoms with Crippen molar-refractivity contribution in [3.63, 3.8) is 0 Å². The molecule has 0 radical (unpaired) electrons. The molecule has 0 heterocycles. The van der Waals surface area contributed by atoms with Gasteiger partial charge in [0.05, 0.1) is 11.3 Å². The lowest BCUT2D eigenvalue weighted by molar-refractivity contribution is 1.40. The molecule has 0 saturated heterocycles. The Morgan fingerprint density at radius 3 is 2.72 bits per heavy atom. The number of halogens is 1. The molecule has 2 aromatic rings. The van der Waals surface area contributed by atoms with Gasteiger partial charge in [-0.25, -0.2) is 0 Å². The molecule has 4 heteroatoms. The summed E-state index contributed by atoms with van der Waals surface area (Å²) >= 11 is 2.30. The summed E-state index contributed by atoms with van der Waals surface area (Å²) in [6.07, 6.45) is 0. The number of nitriles is 1. The Bertz CT molecular complexity index is 629. The van der Waals surface area contributed by atoms with Gasteiger partial charge < -0.3 is 11.1 Å². The van der Waals surface area contributed by atoms with E-state index in [1.54, 1.807) is 12.1 Å². The number of nitrogens with one attached hydrogen (secondary N) is 1. The van der Waals surface area contributed by atoms with E-state index in [2.05, 4.69) is 47.0 Å². The average molecular weight is 349 g/mol. The predicted molar refractivity (Wildman–Crippen MR) is 82.7 cm³/mol. The highest BCUT2D eigenvalue weighted by Crippen LogP contribution is 2.26. The van der Waals surface area contributed by atoms with Crippen molar-refractivity contribution in [1.29, 1.82) is 5.26 Å². The van der Waals surface area contributed by atoms with Crippen LogP contribution < -0.4 is 11.1 Å². The first-order valence-electron chi connectivity index (χ1n) is 5.43. The first-order chi connectivity index (χ1) is 8.61. The quantitative estimate of drug-likeness (QED) is 0.640. The zero-order valence-electron chi connectivity index (χ0n) is 9.87. The van der Waals surface area contributed by atoms with Crippen LogP contribution >= 0.6 is 22.6 Å². The van der Waals surface area contributed by atoms with E-state index >= 15 is 0 Å². The zero-order chi connectivity index (χ0) is 13.1. The van der Waals surface area contributed by atoms with E-state index in [1.165, 1.54) is 9.13 Å². The molecule has 0 saturated carbocycles. The predicted octanol–water partition coefficient (Wildman–Crippen LogP) is 3.80. The van der Waals surface area contributed by atoms with Gasteiger partial charge in [0.15, 0.2) is 0 Å². The van der Waals surface area contributed by atoms with Gasteiger partial charge in [0.2, 0.25) is 0 Å². The third-order valence-corrected chi connectivity index (χ3v) is 3.89. The summed E-state index contributed by atoms with van der Waals surface area (Å²) in [6.45, 7) is 2.07. The lowest BCUT2D eigenvalue weighted by Gasteiger charge is -2.11. The number of nitrogen functional groups attached to an aromatic ring is 1. The molecule has 0 amide bonds. The molecular formula is C14H12IN3. The smallest absolute Gasteiger partial charge is 0.101 e. The molecule has 2 aromatic carbocycles. The molecule has 3 nitrogen and oxygen atoms in total. The summed E-state index contributed by atoms with van der Waals surface area (Å²) in [4.78, 5) is 0. The lowest BCUT2D eigenvalue weighted by Crippen LogP contribution is -1.97. The second-order valence-corrected chi connectivity index (χ2v) is 5.11. The van der Waals surface area contributed by atoms with Crippen LogP contribution in [0, 0.1) is 21.8 Å². The van der Waals surface area contributed by atoms with Crippen molar-refractivity contribution in [2.45, 2.75) is 6.92 Å². The Kier molecular flexibility index (Phi) is 3.72. The van der Waals surface area contributed by atoms with E-state index in [1.807, 2.05) is 18.2 Å². The van der Waals surface area contributed by atoms with E-state index in [0.29, 0.717) is 11.3 Å². The van der Waals surface area contributed by atoms with Crippen molar-refractivity contribution in [2.75, 3.05) is 11.1 Å². The number of hydrogen-bond donors (Lipinski definition) is 2. The van der Waals surface area contributed by atoms with E-state index in [9.17, 15) is 0 Å². The monoisotopic (exact) mass is 349 g/mol. The first kappa shape index (κ1) is 12.7. The summed E-state index contributed by atoms with van der Waals surface area (Å²) in [5.74, 6) is 0. The molecule has 90 valence electrons. The fourth-order valence-corrected chi connectivity index (χ4v) is 2.14. The summed E-state index contributed by atoms with van der Waals surface area (Å²) in [7, 11) is 0. The van der Waals surface area contributed by atoms with E-state index < -0.39 is 0 Å². The van der Waals surface area contributed by atoms with Crippen LogP contribution in [0.25, 0.3) is 0 Å². The molecule has 18 heavy (non-hydrogen) atoms. The highest BCUT2D eigenvalue weighted by molar-refractivity contribution is 14.1. The molecule has 2 rings (SSSR count). The van der Waals surface area contributed by atoms with E-state index in [0.717, 1.165) is 11.4 Å². The van der Waals surface area contributed by atoms with Crippen LogP contribution in [0.1, 0.15) is 11.1 Å². The first-order valence-corrected chi connectivity index (χ1v) is 6.51. The number of benzene rings is 2. The van der Waals surface area contributed by atoms with E-state index in [-0.39, 0.29) is 0 Å². The molecule has 0 aliphatic carbocycles. The molecular weight excluding hydrogens is 337 g/mol. The maximum atomic E-state index is 8.83. The van der Waals surface area contributed by atoms with Crippen LogP contribution in [-0.2, 0) is 0 Å². The normalized spacial score (nSPS) is 9.83. The van der Waals surface area contributed by atoms with Gasteiger partial charge in [0, 0.05) is 14.9 Å². The maximum absolute atomic E-state index is 8.83. The molecule has 0 aromatic heterocycles. The van der Waals surface area contributed by atoms with Crippen LogP contribution in [0.15, 0.2) is 36.4 Å². The largest absolute Gasteiger partial charge is 0.398 e. The van der Waals surface area contributed by atoms with Gasteiger partial charge in [0.25, 0.3) is 0 Å². The minimum Gasteiger partial charge on any atom is -0.398 e. The van der Waals surface area contributed by atoms with E-state index in [4.69, 9.17) is 11.0 Å². The average Bonchev–Trinajstić information content (AvgIpc) is 2.35. The number of hydrogen-bond acceptors (Lipinski definition) is 3. The topological polar surface area (TPSA) is 61.8 Å². The van der Waals surface area contributed by atoms with Gasteiger partial charge in [-0.2, -0.15) is 5.26 Å². The second kappa shape index (κ2) is 5.27. The fraction of sp³-hybridized carbons (Fsp3) is 0.0714. The highest BCUT2D eigenvalue weighted by Gasteiger charge is 2.04. The molecule has 0 unspecified atom stereocenters. The van der Waals surface area contributed by atoms with Crippen LogP contribution in [0.3, 0.4) is 0 Å². The third-order valence-electron chi connectivity index (χ3n) is 2.72. The van der Waals surface area contributed by atoms with Crippen LogP contribution in [0.4, 0.5) is 17.1 Å². The van der Waals surface area contributed by atoms with Crippen molar-refractivity contribution >= 4 is 39.7 Å². The Labute approximate surface area is 120 Å². The van der Waals surface area contributed by atoms with Gasteiger partial charge in [-0.1, -0.05) is 6.07 Å². The van der Waals surface area contributed by atoms with Crippen molar-refractivity contribution in [3.05, 3.63) is 51.1 Å². The Hall–Kier alpha value is -1.74. The van der Waals surface area contributed by atoms with Gasteiger partial charge >= 0.3 is 0 Å². The van der Waals surface area contributed by atoms with Crippen molar-refractivity contribution in [1.82, 2.24) is 0 Å². The molecule has 0 bridgehead atoms. The number of rotatable bonds is 2. The molecule has 0 aliphatic rings. The number of nitrogens with zero attached hydrogens (tertiary/aromatic N) is 1. The Morgan fingerprint density at radius 2 is 2.06 bits per heavy atom. The maximum Gasteiger partial charge on any atom is 0.101 e. The summed E-state index contributed by atoms with van der Waals surface area (Å²) in [6, 6.07) is 13.5. The standard InChI is InChI=1S/C14H12IN3/c1-9-12(15)3-2-4-14(9)18-11-6-5-10(8-16)13(17)7-11/h2-7,18H,17H2,1H3. The SMILES string of the molecule is Cc1c(I)cccc1Nc1ccc(C#N)c(N)c1. The minimum atomic E-state index is 0.491. The second-order valence-electron chi connectivity index (χ2n) is 3.95. The molecule has 0 atom stereocenters. The molecule has 3 N–H and O–H groups in total. The van der Waals surface area contributed by atoms with Gasteiger partial charge in [-0.3, -0.25) is 0 Å². The molecule has 0 spiro atoms. The molecule has 0 fully saturated rings. The molecule has 0 aliphatic heterocycles. The number of anilines is 3. The van der Waals surface area contributed by atoms with Crippen molar-refractivity contribution in [2.24, 2.45) is 0 Å². The Morgan fingerprint density at radius 1 is 1.28 bits per heavy atom. The summed E-state index contributed by atoms with van der Waals surface area (Å²) < 4.78 is 1.21. The Balaban J connectivity index is 2.32. The lowest BCUT2D eigenvalue weighted by atomic mass is 10.1. The zero-order valence-corrected chi connectivity index (χ0v) is 12.0. The third kappa shape index (κ3) is 2.57. The summed E-state index contributed by atoms with van der Waals surface area (Å²) in [5.41, 5.74) is 9.91. The summed E-state index contributed by atoms with van der Waals surface area (Å²) in [5, 5.41) is 12.1. The van der Waals surface area contributed by atoms with Gasteiger partial charge in [-0.05, 0) is 65.4 Å².